The first-order chi connectivity index (χ1) is 15.5. The normalized spacial score (nSPS) is 13.9. The highest BCUT2D eigenvalue weighted by molar-refractivity contribution is 7.99. The average molecular weight is 468 g/mol. The van der Waals surface area contributed by atoms with E-state index in [1.807, 2.05) is 54.3 Å². The lowest BCUT2D eigenvalue weighted by Crippen LogP contribution is -2.49. The first-order valence-corrected chi connectivity index (χ1v) is 12.0. The van der Waals surface area contributed by atoms with Crippen LogP contribution in [-0.2, 0) is 11.2 Å². The number of nitrogens with zero attached hydrogens (tertiary/aromatic N) is 4. The van der Waals surface area contributed by atoms with E-state index < -0.39 is 0 Å². The van der Waals surface area contributed by atoms with Gasteiger partial charge in [-0.1, -0.05) is 60.6 Å². The Balaban J connectivity index is 1.38. The molecule has 3 aromatic rings. The molecule has 1 fully saturated rings. The van der Waals surface area contributed by atoms with Crippen LogP contribution in [0.15, 0.2) is 59.8 Å². The van der Waals surface area contributed by atoms with Gasteiger partial charge in [0, 0.05) is 42.5 Å². The fourth-order valence-corrected chi connectivity index (χ4v) is 4.72. The number of carbonyl (C=O) groups is 1. The summed E-state index contributed by atoms with van der Waals surface area (Å²) in [6.07, 6.45) is 0.716. The summed E-state index contributed by atoms with van der Waals surface area (Å²) < 4.78 is 0. The molecule has 0 unspecified atom stereocenters. The predicted octanol–water partition coefficient (Wildman–Crippen LogP) is 4.38. The van der Waals surface area contributed by atoms with E-state index in [4.69, 9.17) is 17.3 Å². The van der Waals surface area contributed by atoms with Crippen LogP contribution in [0.2, 0.25) is 5.02 Å². The summed E-state index contributed by atoms with van der Waals surface area (Å²) in [5.74, 6) is 0.823. The Kier molecular flexibility index (Phi) is 7.17. The van der Waals surface area contributed by atoms with Gasteiger partial charge in [0.05, 0.1) is 11.4 Å². The third-order valence-electron chi connectivity index (χ3n) is 5.54. The maximum Gasteiger partial charge on any atom is 0.233 e. The van der Waals surface area contributed by atoms with Crippen molar-refractivity contribution in [3.8, 4) is 11.1 Å². The standard InChI is InChI=1S/C24H26ClN5OS/c1-2-20-22(17-8-10-18(25)11-9-17)23(26)28-24(27-20)32-16-21(31)30-14-12-29(13-15-30)19-6-4-3-5-7-19/h3-11H,2,12-16H2,1H3,(H2,26,27,28). The lowest BCUT2D eigenvalue weighted by atomic mass is 10.0. The molecule has 8 heteroatoms. The molecule has 0 atom stereocenters. The molecule has 1 aliphatic heterocycles. The second kappa shape index (κ2) is 10.2. The Morgan fingerprint density at radius 3 is 2.38 bits per heavy atom. The van der Waals surface area contributed by atoms with Crippen LogP contribution in [0.4, 0.5) is 11.5 Å². The maximum absolute atomic E-state index is 12.8. The monoisotopic (exact) mass is 467 g/mol. The SMILES string of the molecule is CCc1nc(SCC(=O)N2CCN(c3ccccc3)CC2)nc(N)c1-c1ccc(Cl)cc1. The van der Waals surface area contributed by atoms with Crippen molar-refractivity contribution in [2.75, 3.05) is 42.6 Å². The Morgan fingerprint density at radius 2 is 1.72 bits per heavy atom. The molecule has 1 saturated heterocycles. The molecule has 0 spiro atoms. The van der Waals surface area contributed by atoms with E-state index in [-0.39, 0.29) is 5.91 Å². The minimum atomic E-state index is 0.102. The Labute approximate surface area is 197 Å². The van der Waals surface area contributed by atoms with Crippen molar-refractivity contribution in [3.63, 3.8) is 0 Å². The van der Waals surface area contributed by atoms with Crippen LogP contribution in [0.1, 0.15) is 12.6 Å². The van der Waals surface area contributed by atoms with Crippen LogP contribution >= 0.6 is 23.4 Å². The van der Waals surface area contributed by atoms with Gasteiger partial charge in [-0.2, -0.15) is 0 Å². The summed E-state index contributed by atoms with van der Waals surface area (Å²) in [5.41, 5.74) is 10.1. The van der Waals surface area contributed by atoms with Crippen molar-refractivity contribution in [3.05, 3.63) is 65.3 Å². The van der Waals surface area contributed by atoms with Crippen LogP contribution in [0, 0.1) is 0 Å². The number of halogens is 1. The van der Waals surface area contributed by atoms with Crippen molar-refractivity contribution in [2.24, 2.45) is 0 Å². The molecule has 0 aliphatic carbocycles. The molecule has 1 aromatic heterocycles. The third-order valence-corrected chi connectivity index (χ3v) is 6.62. The van der Waals surface area contributed by atoms with Crippen molar-refractivity contribution in [1.29, 1.82) is 0 Å². The number of benzene rings is 2. The number of rotatable bonds is 6. The van der Waals surface area contributed by atoms with Crippen molar-refractivity contribution in [2.45, 2.75) is 18.5 Å². The smallest absolute Gasteiger partial charge is 0.233 e. The van der Waals surface area contributed by atoms with E-state index in [0.29, 0.717) is 41.3 Å². The molecule has 1 amide bonds. The summed E-state index contributed by atoms with van der Waals surface area (Å²) in [4.78, 5) is 26.1. The van der Waals surface area contributed by atoms with E-state index in [2.05, 4.69) is 27.0 Å². The first kappa shape index (κ1) is 22.4. The number of para-hydroxylation sites is 1. The lowest BCUT2D eigenvalue weighted by Gasteiger charge is -2.36. The van der Waals surface area contributed by atoms with Crippen molar-refractivity contribution < 1.29 is 4.79 Å². The van der Waals surface area contributed by atoms with Gasteiger partial charge in [-0.05, 0) is 36.2 Å². The van der Waals surface area contributed by atoms with Gasteiger partial charge in [-0.3, -0.25) is 4.79 Å². The van der Waals surface area contributed by atoms with E-state index in [1.165, 1.54) is 17.4 Å². The van der Waals surface area contributed by atoms with Gasteiger partial charge in [0.1, 0.15) is 5.82 Å². The van der Waals surface area contributed by atoms with Gasteiger partial charge >= 0.3 is 0 Å². The molecule has 0 bridgehead atoms. The van der Waals surface area contributed by atoms with Gasteiger partial charge in [-0.25, -0.2) is 9.97 Å². The number of thioether (sulfide) groups is 1. The number of hydrogen-bond acceptors (Lipinski definition) is 6. The zero-order valence-electron chi connectivity index (χ0n) is 18.0. The second-order valence-corrected chi connectivity index (χ2v) is 8.94. The molecular formula is C24H26ClN5OS. The molecule has 4 rings (SSSR count). The highest BCUT2D eigenvalue weighted by Gasteiger charge is 2.22. The zero-order valence-corrected chi connectivity index (χ0v) is 19.6. The molecule has 2 heterocycles. The molecule has 0 radical (unpaired) electrons. The summed E-state index contributed by atoms with van der Waals surface area (Å²) in [7, 11) is 0. The number of amides is 1. The average Bonchev–Trinajstić information content (AvgIpc) is 2.83. The topological polar surface area (TPSA) is 75.4 Å². The molecule has 2 N–H and O–H groups in total. The molecule has 2 aromatic carbocycles. The minimum Gasteiger partial charge on any atom is -0.383 e. The highest BCUT2D eigenvalue weighted by Crippen LogP contribution is 2.31. The van der Waals surface area contributed by atoms with Gasteiger partial charge in [0.25, 0.3) is 0 Å². The fraction of sp³-hybridized carbons (Fsp3) is 0.292. The second-order valence-electron chi connectivity index (χ2n) is 7.57. The Morgan fingerprint density at radius 1 is 1.03 bits per heavy atom. The van der Waals surface area contributed by atoms with Crippen LogP contribution < -0.4 is 10.6 Å². The van der Waals surface area contributed by atoms with Crippen LogP contribution in [-0.4, -0.2) is 52.7 Å². The van der Waals surface area contributed by atoms with Gasteiger partial charge in [0.2, 0.25) is 5.91 Å². The molecular weight excluding hydrogens is 442 g/mol. The Hall–Kier alpha value is -2.77. The van der Waals surface area contributed by atoms with Crippen LogP contribution in [0.5, 0.6) is 0 Å². The number of hydrogen-bond donors (Lipinski definition) is 1. The summed E-state index contributed by atoms with van der Waals surface area (Å²) in [6.45, 7) is 5.13. The number of nitrogen functional groups attached to an aromatic ring is 1. The zero-order chi connectivity index (χ0) is 22.5. The first-order valence-electron chi connectivity index (χ1n) is 10.7. The number of nitrogens with two attached hydrogens (primary N) is 1. The fourth-order valence-electron chi connectivity index (χ4n) is 3.83. The van der Waals surface area contributed by atoms with Crippen LogP contribution in [0.25, 0.3) is 11.1 Å². The summed E-state index contributed by atoms with van der Waals surface area (Å²) >= 11 is 7.35. The van der Waals surface area contributed by atoms with Gasteiger partial charge in [0.15, 0.2) is 5.16 Å². The lowest BCUT2D eigenvalue weighted by molar-refractivity contribution is -0.128. The van der Waals surface area contributed by atoms with E-state index >= 15 is 0 Å². The molecule has 32 heavy (non-hydrogen) atoms. The Bertz CT molecular complexity index is 1070. The highest BCUT2D eigenvalue weighted by atomic mass is 35.5. The van der Waals surface area contributed by atoms with Crippen molar-refractivity contribution >= 4 is 40.8 Å². The van der Waals surface area contributed by atoms with Crippen molar-refractivity contribution in [1.82, 2.24) is 14.9 Å². The summed E-state index contributed by atoms with van der Waals surface area (Å²) in [5, 5.41) is 1.20. The number of aryl methyl sites for hydroxylation is 1. The summed E-state index contributed by atoms with van der Waals surface area (Å²) in [6, 6.07) is 17.8. The number of carbonyl (C=O) groups excluding carboxylic acids is 1. The minimum absolute atomic E-state index is 0.102. The molecule has 166 valence electrons. The molecule has 6 nitrogen and oxygen atoms in total. The third kappa shape index (κ3) is 5.16. The van der Waals surface area contributed by atoms with E-state index in [9.17, 15) is 4.79 Å². The van der Waals surface area contributed by atoms with Crippen LogP contribution in [0.3, 0.4) is 0 Å². The number of aromatic nitrogens is 2. The number of piperazine rings is 1. The molecule has 0 saturated carbocycles. The molecule has 1 aliphatic rings. The van der Waals surface area contributed by atoms with Gasteiger partial charge in [-0.15, -0.1) is 0 Å². The largest absolute Gasteiger partial charge is 0.383 e. The van der Waals surface area contributed by atoms with E-state index in [0.717, 1.165) is 29.9 Å². The van der Waals surface area contributed by atoms with E-state index in [1.54, 1.807) is 0 Å². The quantitative estimate of drug-likeness (QED) is 0.428. The van der Waals surface area contributed by atoms with Gasteiger partial charge < -0.3 is 15.5 Å². The number of anilines is 2. The predicted molar refractivity (Wildman–Crippen MR) is 132 cm³/mol. The maximum atomic E-state index is 12.8.